The average molecular weight is 371 g/mol. The molecule has 2 fully saturated rings. The Morgan fingerprint density at radius 3 is 2.74 bits per heavy atom. The van der Waals surface area contributed by atoms with Gasteiger partial charge in [-0.05, 0) is 25.0 Å². The lowest BCUT2D eigenvalue weighted by atomic mass is 9.91. The van der Waals surface area contributed by atoms with Gasteiger partial charge in [-0.2, -0.15) is 5.10 Å². The van der Waals surface area contributed by atoms with Crippen molar-refractivity contribution in [3.63, 3.8) is 0 Å². The summed E-state index contributed by atoms with van der Waals surface area (Å²) in [6, 6.07) is 4.08. The van der Waals surface area contributed by atoms with Gasteiger partial charge in [0.25, 0.3) is 0 Å². The summed E-state index contributed by atoms with van der Waals surface area (Å²) in [5, 5.41) is 5.87. The van der Waals surface area contributed by atoms with Crippen molar-refractivity contribution < 1.29 is 9.53 Å². The maximum atomic E-state index is 12.9. The van der Waals surface area contributed by atoms with E-state index in [1.54, 1.807) is 0 Å². The van der Waals surface area contributed by atoms with Crippen molar-refractivity contribution in [1.29, 1.82) is 0 Å². The zero-order valence-electron chi connectivity index (χ0n) is 16.3. The predicted octanol–water partition coefficient (Wildman–Crippen LogP) is 1.64. The Kier molecular flexibility index (Phi) is 5.41. The lowest BCUT2D eigenvalue weighted by Crippen LogP contribution is -2.46. The minimum Gasteiger partial charge on any atom is -0.379 e. The van der Waals surface area contributed by atoms with Gasteiger partial charge in [-0.25, -0.2) is 4.98 Å². The number of fused-ring (bicyclic) bond motifs is 1. The minimum absolute atomic E-state index is 0.0412. The Morgan fingerprint density at radius 2 is 2.00 bits per heavy atom. The first-order chi connectivity index (χ1) is 13.1. The summed E-state index contributed by atoms with van der Waals surface area (Å²) < 4.78 is 7.26. The van der Waals surface area contributed by atoms with Crippen LogP contribution in [0.2, 0.25) is 0 Å². The molecular weight excluding hydrogens is 342 g/mol. The van der Waals surface area contributed by atoms with Crippen LogP contribution in [0, 0.1) is 5.92 Å². The Balaban J connectivity index is 1.36. The van der Waals surface area contributed by atoms with Crippen molar-refractivity contribution in [3.05, 3.63) is 24.0 Å². The molecule has 146 valence electrons. The highest BCUT2D eigenvalue weighted by atomic mass is 16.5. The molecule has 0 unspecified atom stereocenters. The van der Waals surface area contributed by atoms with Crippen LogP contribution in [0.15, 0.2) is 18.3 Å². The molecule has 1 atom stereocenters. The lowest BCUT2D eigenvalue weighted by molar-refractivity contribution is -0.137. The van der Waals surface area contributed by atoms with Crippen molar-refractivity contribution in [2.75, 3.05) is 45.9 Å². The molecule has 0 bridgehead atoms. The van der Waals surface area contributed by atoms with Crippen LogP contribution >= 0.6 is 0 Å². The first kappa shape index (κ1) is 18.4. The Hall–Kier alpha value is -1.99. The van der Waals surface area contributed by atoms with Crippen molar-refractivity contribution in [3.8, 4) is 0 Å². The quantitative estimate of drug-likeness (QED) is 0.818. The normalized spacial score (nSPS) is 20.9. The van der Waals surface area contributed by atoms with E-state index < -0.39 is 0 Å². The average Bonchev–Trinajstić information content (AvgIpc) is 3.05. The number of nitrogens with zero attached hydrogens (tertiary/aromatic N) is 5. The molecule has 0 radical (unpaired) electrons. The van der Waals surface area contributed by atoms with Crippen LogP contribution in [0.4, 0.5) is 0 Å². The van der Waals surface area contributed by atoms with E-state index in [0.29, 0.717) is 5.92 Å². The Labute approximate surface area is 160 Å². The summed E-state index contributed by atoms with van der Waals surface area (Å²) in [5.41, 5.74) is 2.07. The van der Waals surface area contributed by atoms with Crippen LogP contribution in [0.3, 0.4) is 0 Å². The Bertz CT molecular complexity index is 791. The molecule has 2 aromatic rings. The fourth-order valence-electron chi connectivity index (χ4n) is 4.35. The molecule has 1 amide bonds. The van der Waals surface area contributed by atoms with E-state index in [2.05, 4.69) is 22.9 Å². The van der Waals surface area contributed by atoms with Crippen molar-refractivity contribution >= 4 is 16.9 Å². The van der Waals surface area contributed by atoms with Gasteiger partial charge in [0, 0.05) is 63.2 Å². The van der Waals surface area contributed by atoms with Crippen molar-refractivity contribution in [1.82, 2.24) is 24.6 Å². The van der Waals surface area contributed by atoms with E-state index in [1.807, 2.05) is 28.9 Å². The molecule has 2 aromatic heterocycles. The van der Waals surface area contributed by atoms with E-state index in [-0.39, 0.29) is 11.8 Å². The lowest BCUT2D eigenvalue weighted by Gasteiger charge is -2.35. The highest BCUT2D eigenvalue weighted by Crippen LogP contribution is 2.32. The zero-order valence-corrected chi connectivity index (χ0v) is 16.3. The molecule has 27 heavy (non-hydrogen) atoms. The fourth-order valence-corrected chi connectivity index (χ4v) is 4.35. The molecule has 0 aliphatic carbocycles. The maximum Gasteiger partial charge on any atom is 0.226 e. The van der Waals surface area contributed by atoms with E-state index >= 15 is 0 Å². The smallest absolute Gasteiger partial charge is 0.226 e. The van der Waals surface area contributed by atoms with Gasteiger partial charge in [0.1, 0.15) is 0 Å². The third-order valence-corrected chi connectivity index (χ3v) is 5.88. The first-order valence-electron chi connectivity index (χ1n) is 10.00. The number of carbonyl (C=O) groups excluding carboxylic acids is 1. The van der Waals surface area contributed by atoms with Gasteiger partial charge in [0.15, 0.2) is 5.65 Å². The summed E-state index contributed by atoms with van der Waals surface area (Å²) in [7, 11) is 1.95. The van der Waals surface area contributed by atoms with Gasteiger partial charge in [-0.3, -0.25) is 14.4 Å². The largest absolute Gasteiger partial charge is 0.379 e. The molecule has 4 heterocycles. The Morgan fingerprint density at radius 1 is 1.26 bits per heavy atom. The zero-order chi connectivity index (χ0) is 18.8. The van der Waals surface area contributed by atoms with E-state index in [0.717, 1.165) is 75.5 Å². The molecular formula is C20H29N5O2. The standard InChI is InChI=1S/C20H29N5O2/c1-15(14-24-10-12-27-13-11-24)20(26)25-8-5-16(6-9-25)18-17-4-3-7-21-19(17)23(2)22-18/h3-4,7,15-16H,5-6,8-14H2,1-2H3/t15-/m1/s1. The minimum atomic E-state index is 0.0412. The van der Waals surface area contributed by atoms with Gasteiger partial charge >= 0.3 is 0 Å². The molecule has 7 nitrogen and oxygen atoms in total. The molecule has 2 aliphatic rings. The summed E-state index contributed by atoms with van der Waals surface area (Å²) in [6.45, 7) is 7.93. The second kappa shape index (κ2) is 7.94. The number of rotatable bonds is 4. The monoisotopic (exact) mass is 371 g/mol. The molecule has 4 rings (SSSR count). The van der Waals surface area contributed by atoms with Gasteiger partial charge in [-0.1, -0.05) is 6.92 Å². The number of pyridine rings is 1. The first-order valence-corrected chi connectivity index (χ1v) is 10.00. The number of morpholine rings is 1. The molecule has 0 N–H and O–H groups in total. The van der Waals surface area contributed by atoms with Crippen molar-refractivity contribution in [2.24, 2.45) is 13.0 Å². The number of ether oxygens (including phenoxy) is 1. The number of piperidine rings is 1. The SMILES string of the molecule is C[C@H](CN1CCOCC1)C(=O)N1CCC(c2nn(C)c3ncccc23)CC1. The molecule has 0 spiro atoms. The fraction of sp³-hybridized carbons (Fsp3) is 0.650. The number of hydrogen-bond donors (Lipinski definition) is 0. The second-order valence-corrected chi connectivity index (χ2v) is 7.80. The summed E-state index contributed by atoms with van der Waals surface area (Å²) >= 11 is 0. The second-order valence-electron chi connectivity index (χ2n) is 7.80. The van der Waals surface area contributed by atoms with E-state index in [4.69, 9.17) is 9.84 Å². The van der Waals surface area contributed by atoms with Gasteiger partial charge in [-0.15, -0.1) is 0 Å². The molecule has 2 saturated heterocycles. The third kappa shape index (κ3) is 3.84. The van der Waals surface area contributed by atoms with Crippen molar-refractivity contribution in [2.45, 2.75) is 25.7 Å². The predicted molar refractivity (Wildman–Crippen MR) is 103 cm³/mol. The van der Waals surface area contributed by atoms with Crippen LogP contribution in [-0.2, 0) is 16.6 Å². The van der Waals surface area contributed by atoms with Crippen LogP contribution in [0.1, 0.15) is 31.4 Å². The number of aromatic nitrogens is 3. The van der Waals surface area contributed by atoms with Crippen LogP contribution in [-0.4, -0.2) is 76.4 Å². The van der Waals surface area contributed by atoms with E-state index in [1.165, 1.54) is 0 Å². The maximum absolute atomic E-state index is 12.9. The number of aryl methyl sites for hydroxylation is 1. The van der Waals surface area contributed by atoms with Gasteiger partial charge < -0.3 is 9.64 Å². The molecule has 0 aromatic carbocycles. The van der Waals surface area contributed by atoms with Gasteiger partial charge in [0.05, 0.1) is 18.9 Å². The topological polar surface area (TPSA) is 63.5 Å². The summed E-state index contributed by atoms with van der Waals surface area (Å²) in [5.74, 6) is 0.725. The molecule has 7 heteroatoms. The number of carbonyl (C=O) groups is 1. The number of likely N-dealkylation sites (tertiary alicyclic amines) is 1. The molecule has 2 aliphatic heterocycles. The van der Waals surface area contributed by atoms with Crippen LogP contribution < -0.4 is 0 Å². The highest BCUT2D eigenvalue weighted by Gasteiger charge is 2.30. The third-order valence-electron chi connectivity index (χ3n) is 5.88. The number of hydrogen-bond acceptors (Lipinski definition) is 5. The van der Waals surface area contributed by atoms with Gasteiger partial charge in [0.2, 0.25) is 5.91 Å². The summed E-state index contributed by atoms with van der Waals surface area (Å²) in [4.78, 5) is 21.7. The van der Waals surface area contributed by atoms with Crippen LogP contribution in [0.25, 0.3) is 11.0 Å². The number of amides is 1. The highest BCUT2D eigenvalue weighted by molar-refractivity contribution is 5.80. The van der Waals surface area contributed by atoms with Crippen LogP contribution in [0.5, 0.6) is 0 Å². The summed E-state index contributed by atoms with van der Waals surface area (Å²) in [6.07, 6.45) is 3.75. The molecule has 0 saturated carbocycles. The van der Waals surface area contributed by atoms with E-state index in [9.17, 15) is 4.79 Å².